The third-order valence-electron chi connectivity index (χ3n) is 3.01. The molecule has 1 amide bonds. The average Bonchev–Trinajstić information content (AvgIpc) is 2.71. The van der Waals surface area contributed by atoms with E-state index < -0.39 is 10.0 Å². The second-order valence-electron chi connectivity index (χ2n) is 5.13. The standard InChI is InChI=1S/C14H18N4O3S/c1-9-5-12(16-11(3)19)6-10(2)14(9)22(20,21)17-13-7-15-18(4)8-13/h5-8,17H,1-4H3,(H,16,19). The number of rotatable bonds is 4. The van der Waals surface area contributed by atoms with Gasteiger partial charge in [-0.25, -0.2) is 8.42 Å². The fourth-order valence-electron chi connectivity index (χ4n) is 2.33. The van der Waals surface area contributed by atoms with Gasteiger partial charge < -0.3 is 5.32 Å². The Labute approximate surface area is 129 Å². The van der Waals surface area contributed by atoms with E-state index in [0.29, 0.717) is 22.5 Å². The van der Waals surface area contributed by atoms with Gasteiger partial charge in [0.2, 0.25) is 5.91 Å². The number of amides is 1. The van der Waals surface area contributed by atoms with Crippen molar-refractivity contribution in [3.05, 3.63) is 35.7 Å². The second-order valence-corrected chi connectivity index (χ2v) is 6.75. The number of aryl methyl sites for hydroxylation is 3. The van der Waals surface area contributed by atoms with Crippen LogP contribution in [0.4, 0.5) is 11.4 Å². The maximum atomic E-state index is 12.6. The first kappa shape index (κ1) is 16.0. The molecule has 0 fully saturated rings. The molecule has 2 N–H and O–H groups in total. The van der Waals surface area contributed by atoms with E-state index >= 15 is 0 Å². The molecule has 0 atom stereocenters. The fraction of sp³-hybridized carbons (Fsp3) is 0.286. The maximum absolute atomic E-state index is 12.6. The minimum Gasteiger partial charge on any atom is -0.326 e. The van der Waals surface area contributed by atoms with Crippen molar-refractivity contribution >= 4 is 27.3 Å². The molecule has 0 bridgehead atoms. The number of hydrogen-bond acceptors (Lipinski definition) is 4. The van der Waals surface area contributed by atoms with E-state index in [1.165, 1.54) is 17.8 Å². The Morgan fingerprint density at radius 2 is 1.77 bits per heavy atom. The first-order valence-corrected chi connectivity index (χ1v) is 8.07. The molecule has 0 radical (unpaired) electrons. The Morgan fingerprint density at radius 1 is 1.18 bits per heavy atom. The van der Waals surface area contributed by atoms with E-state index in [1.54, 1.807) is 39.2 Å². The second kappa shape index (κ2) is 5.80. The average molecular weight is 322 g/mol. The predicted molar refractivity (Wildman–Crippen MR) is 84.2 cm³/mol. The van der Waals surface area contributed by atoms with Crippen LogP contribution in [0.15, 0.2) is 29.4 Å². The van der Waals surface area contributed by atoms with Crippen molar-refractivity contribution in [1.82, 2.24) is 9.78 Å². The molecule has 1 heterocycles. The monoisotopic (exact) mass is 322 g/mol. The van der Waals surface area contributed by atoms with Gasteiger partial charge in [-0.3, -0.25) is 14.2 Å². The zero-order valence-corrected chi connectivity index (χ0v) is 13.7. The van der Waals surface area contributed by atoms with Gasteiger partial charge in [0.15, 0.2) is 0 Å². The van der Waals surface area contributed by atoms with Gasteiger partial charge in [0.1, 0.15) is 0 Å². The number of anilines is 2. The summed E-state index contributed by atoms with van der Waals surface area (Å²) in [6.07, 6.45) is 3.02. The van der Waals surface area contributed by atoms with Crippen molar-refractivity contribution in [2.75, 3.05) is 10.0 Å². The Bertz CT molecular complexity index is 801. The lowest BCUT2D eigenvalue weighted by Gasteiger charge is -2.14. The molecule has 7 nitrogen and oxygen atoms in total. The van der Waals surface area contributed by atoms with Crippen molar-refractivity contribution in [1.29, 1.82) is 0 Å². The molecule has 2 rings (SSSR count). The largest absolute Gasteiger partial charge is 0.326 e. The van der Waals surface area contributed by atoms with Crippen LogP contribution in [-0.2, 0) is 21.9 Å². The summed E-state index contributed by atoms with van der Waals surface area (Å²) < 4.78 is 29.1. The number of carbonyl (C=O) groups excluding carboxylic acids is 1. The van der Waals surface area contributed by atoms with E-state index in [1.807, 2.05) is 0 Å². The number of sulfonamides is 1. The number of aromatic nitrogens is 2. The van der Waals surface area contributed by atoms with Crippen LogP contribution in [0.5, 0.6) is 0 Å². The zero-order chi connectivity index (χ0) is 16.5. The van der Waals surface area contributed by atoms with E-state index in [9.17, 15) is 13.2 Å². The minimum absolute atomic E-state index is 0.199. The lowest BCUT2D eigenvalue weighted by atomic mass is 10.1. The van der Waals surface area contributed by atoms with Crippen molar-refractivity contribution in [2.45, 2.75) is 25.7 Å². The molecule has 0 unspecified atom stereocenters. The number of carbonyl (C=O) groups is 1. The van der Waals surface area contributed by atoms with Crippen LogP contribution in [0.2, 0.25) is 0 Å². The molecule has 1 aromatic carbocycles. The summed E-state index contributed by atoms with van der Waals surface area (Å²) in [7, 11) is -2.02. The van der Waals surface area contributed by atoms with Crippen molar-refractivity contribution in [2.24, 2.45) is 7.05 Å². The molecule has 0 saturated carbocycles. The van der Waals surface area contributed by atoms with Gasteiger partial charge in [0.05, 0.1) is 16.8 Å². The SMILES string of the molecule is CC(=O)Nc1cc(C)c(S(=O)(=O)Nc2cnn(C)c2)c(C)c1. The first-order chi connectivity index (χ1) is 10.2. The van der Waals surface area contributed by atoms with Crippen LogP contribution < -0.4 is 10.0 Å². The summed E-state index contributed by atoms with van der Waals surface area (Å²) in [5.74, 6) is -0.206. The van der Waals surface area contributed by atoms with Crippen LogP contribution in [0, 0.1) is 13.8 Å². The molecule has 0 spiro atoms. The highest BCUT2D eigenvalue weighted by Gasteiger charge is 2.21. The Morgan fingerprint density at radius 3 is 2.23 bits per heavy atom. The fourth-order valence-corrected chi connectivity index (χ4v) is 3.81. The maximum Gasteiger partial charge on any atom is 0.262 e. The van der Waals surface area contributed by atoms with Crippen LogP contribution in [-0.4, -0.2) is 24.1 Å². The highest BCUT2D eigenvalue weighted by molar-refractivity contribution is 7.92. The van der Waals surface area contributed by atoms with Gasteiger partial charge in [-0.05, 0) is 37.1 Å². The van der Waals surface area contributed by atoms with E-state index in [2.05, 4.69) is 15.1 Å². The highest BCUT2D eigenvalue weighted by Crippen LogP contribution is 2.26. The number of nitrogens with zero attached hydrogens (tertiary/aromatic N) is 2. The molecule has 118 valence electrons. The zero-order valence-electron chi connectivity index (χ0n) is 12.8. The Balaban J connectivity index is 2.40. The molecule has 0 aliphatic heterocycles. The van der Waals surface area contributed by atoms with E-state index in [-0.39, 0.29) is 10.8 Å². The third kappa shape index (κ3) is 3.45. The molecule has 8 heteroatoms. The summed E-state index contributed by atoms with van der Waals surface area (Å²) in [5.41, 5.74) is 2.08. The van der Waals surface area contributed by atoms with E-state index in [4.69, 9.17) is 0 Å². The van der Waals surface area contributed by atoms with E-state index in [0.717, 1.165) is 0 Å². The summed E-state index contributed by atoms with van der Waals surface area (Å²) in [4.78, 5) is 11.3. The summed E-state index contributed by atoms with van der Waals surface area (Å²) >= 11 is 0. The molecule has 2 aromatic rings. The van der Waals surface area contributed by atoms with Crippen LogP contribution in [0.1, 0.15) is 18.1 Å². The van der Waals surface area contributed by atoms with Crippen molar-refractivity contribution in [3.8, 4) is 0 Å². The Kier molecular flexibility index (Phi) is 4.23. The lowest BCUT2D eigenvalue weighted by molar-refractivity contribution is -0.114. The molecule has 0 aliphatic carbocycles. The van der Waals surface area contributed by atoms with Gasteiger partial charge in [-0.1, -0.05) is 0 Å². The topological polar surface area (TPSA) is 93.1 Å². The summed E-state index contributed by atoms with van der Waals surface area (Å²) in [6, 6.07) is 3.26. The quantitative estimate of drug-likeness (QED) is 0.897. The van der Waals surface area contributed by atoms with Crippen molar-refractivity contribution in [3.63, 3.8) is 0 Å². The summed E-state index contributed by atoms with van der Waals surface area (Å²) in [5, 5.41) is 6.58. The molecule has 1 aromatic heterocycles. The number of nitrogens with one attached hydrogen (secondary N) is 2. The summed E-state index contributed by atoms with van der Waals surface area (Å²) in [6.45, 7) is 4.78. The highest BCUT2D eigenvalue weighted by atomic mass is 32.2. The third-order valence-corrected chi connectivity index (χ3v) is 4.69. The van der Waals surface area contributed by atoms with Gasteiger partial charge in [0.25, 0.3) is 10.0 Å². The normalized spacial score (nSPS) is 11.3. The number of hydrogen-bond donors (Lipinski definition) is 2. The Hall–Kier alpha value is -2.35. The van der Waals surface area contributed by atoms with Crippen molar-refractivity contribution < 1.29 is 13.2 Å². The minimum atomic E-state index is -3.72. The lowest BCUT2D eigenvalue weighted by Crippen LogP contribution is -2.16. The molecule has 0 saturated heterocycles. The molecular formula is C14H18N4O3S. The van der Waals surface area contributed by atoms with Gasteiger partial charge in [-0.2, -0.15) is 5.10 Å². The van der Waals surface area contributed by atoms with Gasteiger partial charge in [-0.15, -0.1) is 0 Å². The van der Waals surface area contributed by atoms with Crippen LogP contribution in [0.3, 0.4) is 0 Å². The first-order valence-electron chi connectivity index (χ1n) is 6.59. The smallest absolute Gasteiger partial charge is 0.262 e. The predicted octanol–water partition coefficient (Wildman–Crippen LogP) is 1.80. The van der Waals surface area contributed by atoms with Gasteiger partial charge >= 0.3 is 0 Å². The molecule has 22 heavy (non-hydrogen) atoms. The van der Waals surface area contributed by atoms with Crippen LogP contribution >= 0.6 is 0 Å². The molecular weight excluding hydrogens is 304 g/mol. The molecule has 0 aliphatic rings. The van der Waals surface area contributed by atoms with Gasteiger partial charge in [0, 0.05) is 25.9 Å². The number of benzene rings is 1. The van der Waals surface area contributed by atoms with Crippen LogP contribution in [0.25, 0.3) is 0 Å².